The highest BCUT2D eigenvalue weighted by Gasteiger charge is 2.18. The number of benzene rings is 1. The molecule has 2 aliphatic carbocycles. The molecular formula is C16H15P. The van der Waals surface area contributed by atoms with Crippen LogP contribution >= 0.6 is 9.24 Å². The van der Waals surface area contributed by atoms with Crippen molar-refractivity contribution < 1.29 is 0 Å². The van der Waals surface area contributed by atoms with Gasteiger partial charge in [0.05, 0.1) is 0 Å². The van der Waals surface area contributed by atoms with Gasteiger partial charge in [-0.15, -0.1) is 9.24 Å². The second-order valence-corrected chi connectivity index (χ2v) is 5.06. The summed E-state index contributed by atoms with van der Waals surface area (Å²) in [5.74, 6) is 0.869. The minimum atomic E-state index is 0.432. The smallest absolute Gasteiger partial charge is 0.0214 e. The van der Waals surface area contributed by atoms with Crippen molar-refractivity contribution in [3.05, 3.63) is 77.9 Å². The van der Waals surface area contributed by atoms with Gasteiger partial charge in [0.15, 0.2) is 0 Å². The van der Waals surface area contributed by atoms with Crippen LogP contribution in [0.4, 0.5) is 0 Å². The molecule has 2 aliphatic rings. The molecule has 0 N–H and O–H groups in total. The lowest BCUT2D eigenvalue weighted by Gasteiger charge is -2.18. The molecule has 84 valence electrons. The quantitative estimate of drug-likeness (QED) is 0.690. The first-order chi connectivity index (χ1) is 8.36. The van der Waals surface area contributed by atoms with E-state index >= 15 is 0 Å². The van der Waals surface area contributed by atoms with Gasteiger partial charge in [-0.3, -0.25) is 0 Å². The Balaban J connectivity index is 2.11. The third-order valence-electron chi connectivity index (χ3n) is 3.36. The minimum Gasteiger partial charge on any atom is -0.105 e. The highest BCUT2D eigenvalue weighted by Crippen LogP contribution is 2.33. The summed E-state index contributed by atoms with van der Waals surface area (Å²) in [6.07, 6.45) is 17.5. The summed E-state index contributed by atoms with van der Waals surface area (Å²) >= 11 is 0. The highest BCUT2D eigenvalue weighted by atomic mass is 31.0. The lowest BCUT2D eigenvalue weighted by Crippen LogP contribution is -2.10. The van der Waals surface area contributed by atoms with Crippen molar-refractivity contribution in [3.8, 4) is 0 Å². The van der Waals surface area contributed by atoms with Crippen molar-refractivity contribution in [1.29, 1.82) is 0 Å². The molecule has 1 aromatic rings. The molecule has 3 rings (SSSR count). The van der Waals surface area contributed by atoms with Crippen molar-refractivity contribution in [3.63, 3.8) is 0 Å². The fourth-order valence-corrected chi connectivity index (χ4v) is 3.01. The van der Waals surface area contributed by atoms with Crippen LogP contribution in [0.25, 0.3) is 0 Å². The molecular weight excluding hydrogens is 223 g/mol. The largest absolute Gasteiger partial charge is 0.105 e. The third kappa shape index (κ3) is 1.94. The van der Waals surface area contributed by atoms with Gasteiger partial charge in [0.2, 0.25) is 0 Å². The summed E-state index contributed by atoms with van der Waals surface area (Å²) in [5, 5.41) is 1.30. The van der Waals surface area contributed by atoms with E-state index < -0.39 is 0 Å². The molecule has 0 nitrogen and oxygen atoms in total. The van der Waals surface area contributed by atoms with E-state index in [1.807, 2.05) is 0 Å². The lowest BCUT2D eigenvalue weighted by atomic mass is 9.88. The van der Waals surface area contributed by atoms with Crippen molar-refractivity contribution in [2.24, 2.45) is 0 Å². The van der Waals surface area contributed by atoms with E-state index in [2.05, 4.69) is 76.0 Å². The van der Waals surface area contributed by atoms with Gasteiger partial charge in [-0.05, 0) is 16.4 Å². The molecule has 0 fully saturated rings. The fraction of sp³-hybridized carbons (Fsp3) is 0.125. The van der Waals surface area contributed by atoms with Crippen molar-refractivity contribution >= 4 is 14.5 Å². The molecule has 0 amide bonds. The molecule has 0 radical (unpaired) electrons. The van der Waals surface area contributed by atoms with Gasteiger partial charge in [-0.25, -0.2) is 0 Å². The maximum atomic E-state index is 2.87. The van der Waals surface area contributed by atoms with Crippen LogP contribution in [0.2, 0.25) is 0 Å². The first-order valence-corrected chi connectivity index (χ1v) is 6.52. The Morgan fingerprint density at radius 1 is 0.765 bits per heavy atom. The van der Waals surface area contributed by atoms with Crippen LogP contribution < -0.4 is 5.30 Å². The third-order valence-corrected chi connectivity index (χ3v) is 3.87. The molecule has 0 aromatic heterocycles. The van der Waals surface area contributed by atoms with E-state index in [1.54, 1.807) is 0 Å². The highest BCUT2D eigenvalue weighted by molar-refractivity contribution is 7.27. The SMILES string of the molecule is Pc1cccc(C2C=CC=C2)c1C1C=CC=C1. The van der Waals surface area contributed by atoms with Crippen molar-refractivity contribution in [1.82, 2.24) is 0 Å². The van der Waals surface area contributed by atoms with Crippen molar-refractivity contribution in [2.75, 3.05) is 0 Å². The zero-order chi connectivity index (χ0) is 11.7. The zero-order valence-corrected chi connectivity index (χ0v) is 10.7. The van der Waals surface area contributed by atoms with Crippen LogP contribution in [-0.2, 0) is 0 Å². The Bertz CT molecular complexity index is 523. The Hall–Kier alpha value is -1.39. The maximum absolute atomic E-state index is 2.87. The molecule has 17 heavy (non-hydrogen) atoms. The van der Waals surface area contributed by atoms with Crippen LogP contribution in [0.5, 0.6) is 0 Å². The maximum Gasteiger partial charge on any atom is 0.0214 e. The van der Waals surface area contributed by atoms with Gasteiger partial charge < -0.3 is 0 Å². The Morgan fingerprint density at radius 2 is 1.35 bits per heavy atom. The zero-order valence-electron chi connectivity index (χ0n) is 9.58. The predicted octanol–water partition coefficient (Wildman–Crippen LogP) is 3.61. The molecule has 1 heteroatoms. The molecule has 0 spiro atoms. The van der Waals surface area contributed by atoms with Crippen molar-refractivity contribution in [2.45, 2.75) is 11.8 Å². The number of hydrogen-bond acceptors (Lipinski definition) is 0. The molecule has 0 aliphatic heterocycles. The van der Waals surface area contributed by atoms with Crippen LogP contribution in [0, 0.1) is 0 Å². The first-order valence-electron chi connectivity index (χ1n) is 5.94. The van der Waals surface area contributed by atoms with Gasteiger partial charge in [0.25, 0.3) is 0 Å². The van der Waals surface area contributed by atoms with Crippen LogP contribution in [0.3, 0.4) is 0 Å². The van der Waals surface area contributed by atoms with E-state index in [1.165, 1.54) is 16.4 Å². The van der Waals surface area contributed by atoms with E-state index in [4.69, 9.17) is 0 Å². The number of hydrogen-bond donors (Lipinski definition) is 0. The second-order valence-electron chi connectivity index (χ2n) is 4.44. The summed E-state index contributed by atoms with van der Waals surface area (Å²) in [7, 11) is 2.87. The Morgan fingerprint density at radius 3 is 2.00 bits per heavy atom. The number of rotatable bonds is 2. The van der Waals surface area contributed by atoms with Gasteiger partial charge in [-0.2, -0.15) is 0 Å². The first kappa shape index (κ1) is 10.7. The summed E-state index contributed by atoms with van der Waals surface area (Å²) < 4.78 is 0. The molecule has 1 unspecified atom stereocenters. The van der Waals surface area contributed by atoms with E-state index in [-0.39, 0.29) is 0 Å². The summed E-state index contributed by atoms with van der Waals surface area (Å²) in [5.41, 5.74) is 2.85. The fourth-order valence-electron chi connectivity index (χ4n) is 2.54. The molecule has 0 saturated heterocycles. The van der Waals surface area contributed by atoms with Gasteiger partial charge in [-0.1, -0.05) is 66.8 Å². The Labute approximate surface area is 105 Å². The molecule has 0 heterocycles. The summed E-state index contributed by atoms with van der Waals surface area (Å²) in [6, 6.07) is 6.56. The van der Waals surface area contributed by atoms with Gasteiger partial charge >= 0.3 is 0 Å². The number of allylic oxidation sites excluding steroid dienone is 8. The minimum absolute atomic E-state index is 0.432. The van der Waals surface area contributed by atoms with Crippen LogP contribution in [0.1, 0.15) is 23.0 Å². The molecule has 0 saturated carbocycles. The van der Waals surface area contributed by atoms with Gasteiger partial charge in [0.1, 0.15) is 0 Å². The second kappa shape index (κ2) is 4.47. The topological polar surface area (TPSA) is 0 Å². The normalized spacial score (nSPS) is 18.6. The Kier molecular flexibility index (Phi) is 2.82. The van der Waals surface area contributed by atoms with Gasteiger partial charge in [0, 0.05) is 11.8 Å². The standard InChI is InChI=1S/C16H15P/c17-15-11-5-10-14(12-6-1-2-7-12)16(15)13-8-3-4-9-13/h1-13H,17H2. The van der Waals surface area contributed by atoms with E-state index in [0.717, 1.165) is 0 Å². The average Bonchev–Trinajstić information content (AvgIpc) is 3.02. The molecule has 0 bridgehead atoms. The van der Waals surface area contributed by atoms with Crippen LogP contribution in [-0.4, -0.2) is 0 Å². The molecule has 1 atom stereocenters. The monoisotopic (exact) mass is 238 g/mol. The predicted molar refractivity (Wildman–Crippen MR) is 77.8 cm³/mol. The van der Waals surface area contributed by atoms with E-state index in [0.29, 0.717) is 11.8 Å². The average molecular weight is 238 g/mol. The van der Waals surface area contributed by atoms with Crippen LogP contribution in [0.15, 0.2) is 66.8 Å². The molecule has 1 aromatic carbocycles. The lowest BCUT2D eigenvalue weighted by molar-refractivity contribution is 1.01. The summed E-state index contributed by atoms with van der Waals surface area (Å²) in [4.78, 5) is 0. The summed E-state index contributed by atoms with van der Waals surface area (Å²) in [6.45, 7) is 0. The van der Waals surface area contributed by atoms with E-state index in [9.17, 15) is 0 Å².